The van der Waals surface area contributed by atoms with E-state index in [2.05, 4.69) is 9.98 Å². The molecule has 23 heavy (non-hydrogen) atoms. The fraction of sp³-hybridized carbons (Fsp3) is 0.692. The van der Waals surface area contributed by atoms with Gasteiger partial charge < -0.3 is 20.1 Å². The molecular weight excluding hydrogens is 326 g/mol. The number of imidazole rings is 1. The third kappa shape index (κ3) is 1.86. The summed E-state index contributed by atoms with van der Waals surface area (Å²) < 4.78 is 7.15. The first kappa shape index (κ1) is 15.3. The number of ether oxygens (including phenoxy) is 1. The van der Waals surface area contributed by atoms with Crippen LogP contribution in [0.3, 0.4) is 0 Å². The number of aliphatic imine (C=N–C) groups is 1. The maximum absolute atomic E-state index is 10.2. The summed E-state index contributed by atoms with van der Waals surface area (Å²) in [6, 6.07) is 0. The summed E-state index contributed by atoms with van der Waals surface area (Å²) in [4.78, 5) is 10.4. The van der Waals surface area contributed by atoms with Crippen LogP contribution >= 0.6 is 11.6 Å². The Hall–Kier alpha value is -1.23. The minimum absolute atomic E-state index is 0.353. The van der Waals surface area contributed by atoms with E-state index in [0.29, 0.717) is 11.5 Å². The van der Waals surface area contributed by atoms with Crippen LogP contribution in [0.4, 0.5) is 5.82 Å². The molecule has 2 saturated heterocycles. The third-order valence-electron chi connectivity index (χ3n) is 4.64. The number of nitrogens with zero attached hydrogens (tertiary/aromatic N) is 4. The molecule has 0 saturated carbocycles. The summed E-state index contributed by atoms with van der Waals surface area (Å²) in [5, 5.41) is 28.0. The predicted octanol–water partition coefficient (Wildman–Crippen LogP) is -1.19. The van der Waals surface area contributed by atoms with Gasteiger partial charge in [-0.1, -0.05) is 11.6 Å². The lowest BCUT2D eigenvalue weighted by molar-refractivity contribution is -0.0520. The SMILES string of the molecule is CC1(C)C2=NC(N)(Cl)c3ncn([C@@H]4O[C@H](CO)[C@@H](O)[C@H]4O)c3N21. The fourth-order valence-corrected chi connectivity index (χ4v) is 3.49. The zero-order valence-electron chi connectivity index (χ0n) is 12.6. The van der Waals surface area contributed by atoms with Crippen LogP contribution in [0.2, 0.25) is 0 Å². The number of rotatable bonds is 2. The Labute approximate surface area is 136 Å². The second kappa shape index (κ2) is 4.44. The fourth-order valence-electron chi connectivity index (χ4n) is 3.28. The van der Waals surface area contributed by atoms with E-state index >= 15 is 0 Å². The lowest BCUT2D eigenvalue weighted by Crippen LogP contribution is -2.34. The van der Waals surface area contributed by atoms with Crippen molar-refractivity contribution in [3.05, 3.63) is 12.0 Å². The maximum Gasteiger partial charge on any atom is 0.232 e. The number of hydrogen-bond donors (Lipinski definition) is 4. The van der Waals surface area contributed by atoms with E-state index in [1.165, 1.54) is 6.33 Å². The first-order valence-corrected chi connectivity index (χ1v) is 7.66. The highest BCUT2D eigenvalue weighted by atomic mass is 35.5. The van der Waals surface area contributed by atoms with Crippen molar-refractivity contribution in [2.45, 2.75) is 49.0 Å². The lowest BCUT2D eigenvalue weighted by atomic mass is 10.1. The number of fused-ring (bicyclic) bond motifs is 3. The molecule has 0 aliphatic carbocycles. The highest BCUT2D eigenvalue weighted by molar-refractivity contribution is 6.30. The molecule has 5 N–H and O–H groups in total. The van der Waals surface area contributed by atoms with Crippen LogP contribution in [0.15, 0.2) is 11.3 Å². The van der Waals surface area contributed by atoms with Gasteiger partial charge in [-0.05, 0) is 13.8 Å². The quantitative estimate of drug-likeness (QED) is 0.302. The van der Waals surface area contributed by atoms with Crippen LogP contribution in [0.5, 0.6) is 0 Å². The maximum atomic E-state index is 10.2. The van der Waals surface area contributed by atoms with Gasteiger partial charge in [-0.15, -0.1) is 0 Å². The van der Waals surface area contributed by atoms with Crippen molar-refractivity contribution < 1.29 is 20.1 Å². The monoisotopic (exact) mass is 343 g/mol. The van der Waals surface area contributed by atoms with E-state index in [1.54, 1.807) is 4.57 Å². The topological polar surface area (TPSA) is 129 Å². The molecule has 0 spiro atoms. The van der Waals surface area contributed by atoms with Crippen molar-refractivity contribution in [2.75, 3.05) is 11.5 Å². The highest BCUT2D eigenvalue weighted by Crippen LogP contribution is 2.51. The molecule has 3 aliphatic heterocycles. The number of amidine groups is 1. The Morgan fingerprint density at radius 3 is 2.70 bits per heavy atom. The number of halogens is 1. The standard InChI is InChI=1S/C13H18ClN5O4/c1-12(2)11-17-13(14,15)8-9(19(11)12)18(4-16-8)10-7(22)6(21)5(3-20)23-10/h4-7,10,20-22H,3,15H2,1-2H3/t5-,6-,7-,10-,13?,19?/m1/s1. The number of aliphatic hydroxyl groups is 3. The Kier molecular flexibility index (Phi) is 2.95. The molecule has 1 unspecified atom stereocenters. The normalized spacial score (nSPS) is 40.7. The molecule has 1 aromatic heterocycles. The van der Waals surface area contributed by atoms with E-state index in [9.17, 15) is 15.3 Å². The van der Waals surface area contributed by atoms with E-state index in [1.807, 2.05) is 18.7 Å². The molecule has 0 aromatic carbocycles. The first-order valence-electron chi connectivity index (χ1n) is 7.28. The molecule has 4 heterocycles. The Bertz CT molecular complexity index is 703. The lowest BCUT2D eigenvalue weighted by Gasteiger charge is -2.24. The first-order chi connectivity index (χ1) is 10.7. The van der Waals surface area contributed by atoms with Crippen LogP contribution < -0.4 is 10.6 Å². The van der Waals surface area contributed by atoms with Gasteiger partial charge in [-0.2, -0.15) is 0 Å². The smallest absolute Gasteiger partial charge is 0.232 e. The molecular formula is C13H18ClN5O4. The van der Waals surface area contributed by atoms with Crippen LogP contribution in [0.1, 0.15) is 25.8 Å². The van der Waals surface area contributed by atoms with Crippen LogP contribution in [0.25, 0.3) is 0 Å². The van der Waals surface area contributed by atoms with E-state index < -0.39 is 36.3 Å². The number of aromatic nitrogens is 2. The number of nitrogens with two attached hydrogens (primary N) is 1. The zero-order valence-corrected chi connectivity index (χ0v) is 13.3. The molecule has 2 fully saturated rings. The van der Waals surface area contributed by atoms with Crippen molar-refractivity contribution in [3.8, 4) is 0 Å². The molecule has 0 amide bonds. The summed E-state index contributed by atoms with van der Waals surface area (Å²) in [6.45, 7) is 3.52. The summed E-state index contributed by atoms with van der Waals surface area (Å²) in [6.07, 6.45) is -2.73. The van der Waals surface area contributed by atoms with Crippen LogP contribution in [-0.2, 0) is 9.86 Å². The number of anilines is 1. The summed E-state index contributed by atoms with van der Waals surface area (Å²) in [7, 11) is 0. The Morgan fingerprint density at radius 1 is 1.39 bits per heavy atom. The summed E-state index contributed by atoms with van der Waals surface area (Å²) >= 11 is 6.29. The van der Waals surface area contributed by atoms with Gasteiger partial charge in [0, 0.05) is 0 Å². The largest absolute Gasteiger partial charge is 0.394 e. The van der Waals surface area contributed by atoms with E-state index in [0.717, 1.165) is 5.84 Å². The predicted molar refractivity (Wildman–Crippen MR) is 80.9 cm³/mol. The minimum atomic E-state index is -1.49. The minimum Gasteiger partial charge on any atom is -0.394 e. The second-order valence-electron chi connectivity index (χ2n) is 6.56. The zero-order chi connectivity index (χ0) is 16.7. The molecule has 4 rings (SSSR count). The average molecular weight is 344 g/mol. The number of aliphatic hydroxyl groups excluding tert-OH is 3. The summed E-state index contributed by atoms with van der Waals surface area (Å²) in [5.74, 6) is 1.29. The van der Waals surface area contributed by atoms with Gasteiger partial charge >= 0.3 is 0 Å². The molecule has 5 atom stereocenters. The van der Waals surface area contributed by atoms with Crippen molar-refractivity contribution in [2.24, 2.45) is 10.7 Å². The summed E-state index contributed by atoms with van der Waals surface area (Å²) in [5.41, 5.74) is 6.03. The van der Waals surface area contributed by atoms with Gasteiger partial charge in [-0.3, -0.25) is 15.2 Å². The average Bonchev–Trinajstić information content (AvgIpc) is 2.83. The van der Waals surface area contributed by atoms with E-state index in [-0.39, 0.29) is 5.54 Å². The second-order valence-corrected chi connectivity index (χ2v) is 7.13. The molecule has 126 valence electrons. The molecule has 0 bridgehead atoms. The number of alkyl halides is 1. The Morgan fingerprint density at radius 2 is 2.09 bits per heavy atom. The van der Waals surface area contributed by atoms with Crippen LogP contribution in [-0.4, -0.2) is 61.2 Å². The molecule has 3 aliphatic rings. The van der Waals surface area contributed by atoms with Crippen molar-refractivity contribution >= 4 is 23.3 Å². The van der Waals surface area contributed by atoms with Crippen molar-refractivity contribution in [1.29, 1.82) is 0 Å². The van der Waals surface area contributed by atoms with Gasteiger partial charge in [0.2, 0.25) is 5.12 Å². The molecule has 9 nitrogen and oxygen atoms in total. The molecule has 1 aromatic rings. The van der Waals surface area contributed by atoms with Gasteiger partial charge in [0.15, 0.2) is 6.23 Å². The van der Waals surface area contributed by atoms with Gasteiger partial charge in [0.25, 0.3) is 0 Å². The Balaban J connectivity index is 1.80. The molecule has 0 radical (unpaired) electrons. The third-order valence-corrected chi connectivity index (χ3v) is 4.90. The number of hydrogen-bond acceptors (Lipinski definition) is 8. The van der Waals surface area contributed by atoms with Crippen LogP contribution in [0, 0.1) is 0 Å². The van der Waals surface area contributed by atoms with Gasteiger partial charge in [0.1, 0.15) is 35.7 Å². The van der Waals surface area contributed by atoms with Gasteiger partial charge in [-0.25, -0.2) is 9.98 Å². The van der Waals surface area contributed by atoms with Crippen molar-refractivity contribution in [1.82, 2.24) is 9.55 Å². The highest BCUT2D eigenvalue weighted by Gasteiger charge is 2.61. The molecule has 10 heteroatoms. The van der Waals surface area contributed by atoms with E-state index in [4.69, 9.17) is 22.1 Å². The van der Waals surface area contributed by atoms with Crippen molar-refractivity contribution in [3.63, 3.8) is 0 Å². The van der Waals surface area contributed by atoms with Gasteiger partial charge in [0.05, 0.1) is 18.5 Å².